The Balaban J connectivity index is 1.38. The summed E-state index contributed by atoms with van der Waals surface area (Å²) in [5, 5.41) is 3.01. The molecule has 1 aromatic rings. The summed E-state index contributed by atoms with van der Waals surface area (Å²) in [7, 11) is 0. The van der Waals surface area contributed by atoms with Crippen LogP contribution in [0.2, 0.25) is 0 Å². The zero-order valence-corrected chi connectivity index (χ0v) is 19.2. The molecular formula is C25H38N4O2. The maximum atomic E-state index is 13.7. The molecule has 1 N–H and O–H groups in total. The molecule has 0 radical (unpaired) electrons. The van der Waals surface area contributed by atoms with Crippen LogP contribution in [0, 0.1) is 12.8 Å². The van der Waals surface area contributed by atoms with Crippen LogP contribution in [-0.4, -0.2) is 71.4 Å². The van der Waals surface area contributed by atoms with E-state index in [2.05, 4.69) is 22.0 Å². The number of carbonyl (C=O) groups excluding carboxylic acids is 2. The van der Waals surface area contributed by atoms with Gasteiger partial charge < -0.3 is 15.1 Å². The van der Waals surface area contributed by atoms with Crippen LogP contribution in [0.4, 0.5) is 10.5 Å². The molecule has 1 aromatic carbocycles. The highest BCUT2D eigenvalue weighted by atomic mass is 16.2. The van der Waals surface area contributed by atoms with Gasteiger partial charge in [-0.2, -0.15) is 0 Å². The van der Waals surface area contributed by atoms with Crippen LogP contribution in [0.25, 0.3) is 0 Å². The van der Waals surface area contributed by atoms with Crippen LogP contribution in [0.1, 0.15) is 57.4 Å². The number of aryl methyl sites for hydroxylation is 1. The van der Waals surface area contributed by atoms with Gasteiger partial charge in [0, 0.05) is 44.5 Å². The molecule has 0 aromatic heterocycles. The maximum absolute atomic E-state index is 13.7. The first-order valence-corrected chi connectivity index (χ1v) is 12.2. The van der Waals surface area contributed by atoms with Crippen molar-refractivity contribution in [3.63, 3.8) is 0 Å². The lowest BCUT2D eigenvalue weighted by atomic mass is 9.92. The molecule has 6 nitrogen and oxygen atoms in total. The van der Waals surface area contributed by atoms with Crippen molar-refractivity contribution < 1.29 is 9.59 Å². The van der Waals surface area contributed by atoms with Gasteiger partial charge in [-0.05, 0) is 64.0 Å². The molecule has 3 amide bonds. The Bertz CT molecular complexity index is 751. The molecular weight excluding hydrogens is 388 g/mol. The molecule has 6 heteroatoms. The van der Waals surface area contributed by atoms with Gasteiger partial charge in [0.2, 0.25) is 5.91 Å². The number of carbonyl (C=O) groups is 2. The zero-order chi connectivity index (χ0) is 21.8. The summed E-state index contributed by atoms with van der Waals surface area (Å²) in [6, 6.07) is 8.20. The average molecular weight is 427 g/mol. The predicted octanol–water partition coefficient (Wildman–Crippen LogP) is 4.10. The molecule has 3 fully saturated rings. The lowest BCUT2D eigenvalue weighted by Gasteiger charge is -2.44. The molecule has 4 rings (SSSR count). The van der Waals surface area contributed by atoms with Gasteiger partial charge in [-0.25, -0.2) is 4.79 Å². The van der Waals surface area contributed by atoms with Crippen molar-refractivity contribution in [3.8, 4) is 0 Å². The van der Waals surface area contributed by atoms with E-state index in [-0.39, 0.29) is 12.1 Å². The Hall–Kier alpha value is -2.08. The van der Waals surface area contributed by atoms with Gasteiger partial charge in [-0.3, -0.25) is 9.69 Å². The molecule has 2 aliphatic heterocycles. The quantitative estimate of drug-likeness (QED) is 0.788. The van der Waals surface area contributed by atoms with E-state index in [1.807, 2.05) is 36.1 Å². The molecule has 31 heavy (non-hydrogen) atoms. The van der Waals surface area contributed by atoms with E-state index in [9.17, 15) is 9.59 Å². The van der Waals surface area contributed by atoms with Gasteiger partial charge in [-0.1, -0.05) is 30.5 Å². The van der Waals surface area contributed by atoms with E-state index in [0.717, 1.165) is 51.0 Å². The number of hydrogen-bond donors (Lipinski definition) is 1. The van der Waals surface area contributed by atoms with E-state index in [1.54, 1.807) is 0 Å². The lowest BCUT2D eigenvalue weighted by Crippen LogP contribution is -2.60. The third-order valence-electron chi connectivity index (χ3n) is 7.48. The fourth-order valence-electron chi connectivity index (χ4n) is 5.57. The van der Waals surface area contributed by atoms with E-state index < -0.39 is 0 Å². The molecule has 170 valence electrons. The van der Waals surface area contributed by atoms with Gasteiger partial charge >= 0.3 is 6.03 Å². The number of amides is 3. The first kappa shape index (κ1) is 22.1. The second-order valence-electron chi connectivity index (χ2n) is 9.69. The molecule has 0 unspecified atom stereocenters. The fraction of sp³-hybridized carbons (Fsp3) is 0.680. The maximum Gasteiger partial charge on any atom is 0.321 e. The number of piperazine rings is 1. The van der Waals surface area contributed by atoms with Crippen LogP contribution in [0.5, 0.6) is 0 Å². The zero-order valence-electron chi connectivity index (χ0n) is 19.2. The molecule has 2 atom stereocenters. The van der Waals surface area contributed by atoms with Crippen molar-refractivity contribution in [1.82, 2.24) is 14.7 Å². The van der Waals surface area contributed by atoms with E-state index >= 15 is 0 Å². The van der Waals surface area contributed by atoms with Gasteiger partial charge in [0.15, 0.2) is 0 Å². The summed E-state index contributed by atoms with van der Waals surface area (Å²) in [5.41, 5.74) is 2.01. The Morgan fingerprint density at radius 2 is 1.55 bits per heavy atom. The summed E-state index contributed by atoms with van der Waals surface area (Å²) >= 11 is 0. The molecule has 0 spiro atoms. The Morgan fingerprint density at radius 3 is 2.19 bits per heavy atom. The standard InChI is InChI=1S/C25H38N4O2/c1-19-10-12-22(13-11-19)26-25(31)28-17-15-27(16-18-28)23(21-8-3-4-9-21)24(30)29-14-6-5-7-20(29)2/h10-13,20-21,23H,3-9,14-18H2,1-2H3,(H,26,31)/t20-,23+/m0/s1. The molecule has 2 heterocycles. The third kappa shape index (κ3) is 5.22. The highest BCUT2D eigenvalue weighted by molar-refractivity contribution is 5.89. The first-order valence-electron chi connectivity index (χ1n) is 12.2. The lowest BCUT2D eigenvalue weighted by molar-refractivity contribution is -0.143. The molecule has 1 aliphatic carbocycles. The number of nitrogens with zero attached hydrogens (tertiary/aromatic N) is 3. The molecule has 3 aliphatic rings. The number of nitrogens with one attached hydrogen (secondary N) is 1. The number of rotatable bonds is 4. The third-order valence-corrected chi connectivity index (χ3v) is 7.48. The van der Waals surface area contributed by atoms with Gasteiger partial charge in [0.25, 0.3) is 0 Å². The highest BCUT2D eigenvalue weighted by Crippen LogP contribution is 2.33. The molecule has 2 saturated heterocycles. The monoisotopic (exact) mass is 426 g/mol. The Morgan fingerprint density at radius 1 is 0.903 bits per heavy atom. The van der Waals surface area contributed by atoms with Crippen molar-refractivity contribution in [2.75, 3.05) is 38.0 Å². The minimum absolute atomic E-state index is 0.00893. The number of hydrogen-bond acceptors (Lipinski definition) is 3. The minimum atomic E-state index is -0.0445. The summed E-state index contributed by atoms with van der Waals surface area (Å²) in [6.07, 6.45) is 8.27. The van der Waals surface area contributed by atoms with E-state index in [1.165, 1.54) is 24.8 Å². The molecule has 0 bridgehead atoms. The molecule has 1 saturated carbocycles. The van der Waals surface area contributed by atoms with Crippen LogP contribution in [-0.2, 0) is 4.79 Å². The largest absolute Gasteiger partial charge is 0.339 e. The number of benzene rings is 1. The minimum Gasteiger partial charge on any atom is -0.339 e. The SMILES string of the molecule is Cc1ccc(NC(=O)N2CCN([C@@H](C(=O)N3CCCC[C@@H]3C)C3CCCC3)CC2)cc1. The van der Waals surface area contributed by atoms with Crippen molar-refractivity contribution in [2.24, 2.45) is 5.92 Å². The summed E-state index contributed by atoms with van der Waals surface area (Å²) in [6.45, 7) is 8.04. The summed E-state index contributed by atoms with van der Waals surface area (Å²) in [4.78, 5) is 32.8. The van der Waals surface area contributed by atoms with Crippen molar-refractivity contribution >= 4 is 17.6 Å². The van der Waals surface area contributed by atoms with Gasteiger partial charge in [-0.15, -0.1) is 0 Å². The first-order chi connectivity index (χ1) is 15.0. The van der Waals surface area contributed by atoms with Gasteiger partial charge in [0.05, 0.1) is 6.04 Å². The Labute approximate surface area is 187 Å². The number of piperidine rings is 1. The number of urea groups is 1. The van der Waals surface area contributed by atoms with Gasteiger partial charge in [0.1, 0.15) is 0 Å². The van der Waals surface area contributed by atoms with Crippen LogP contribution < -0.4 is 5.32 Å². The van der Waals surface area contributed by atoms with Crippen LogP contribution in [0.15, 0.2) is 24.3 Å². The normalized spacial score (nSPS) is 24.3. The predicted molar refractivity (Wildman–Crippen MR) is 124 cm³/mol. The second-order valence-corrected chi connectivity index (χ2v) is 9.69. The average Bonchev–Trinajstić information content (AvgIpc) is 3.30. The highest BCUT2D eigenvalue weighted by Gasteiger charge is 2.40. The van der Waals surface area contributed by atoms with Crippen LogP contribution in [0.3, 0.4) is 0 Å². The second kappa shape index (κ2) is 10.0. The van der Waals surface area contributed by atoms with E-state index in [4.69, 9.17) is 0 Å². The van der Waals surface area contributed by atoms with E-state index in [0.29, 0.717) is 31.0 Å². The summed E-state index contributed by atoms with van der Waals surface area (Å²) in [5.74, 6) is 0.811. The fourth-order valence-corrected chi connectivity index (χ4v) is 5.57. The van der Waals surface area contributed by atoms with Crippen molar-refractivity contribution in [1.29, 1.82) is 0 Å². The topological polar surface area (TPSA) is 55.9 Å². The Kier molecular flexibility index (Phi) is 7.16. The smallest absolute Gasteiger partial charge is 0.321 e. The van der Waals surface area contributed by atoms with Crippen molar-refractivity contribution in [3.05, 3.63) is 29.8 Å². The number of anilines is 1. The number of likely N-dealkylation sites (tertiary alicyclic amines) is 1. The van der Waals surface area contributed by atoms with Crippen molar-refractivity contribution in [2.45, 2.75) is 70.9 Å². The summed E-state index contributed by atoms with van der Waals surface area (Å²) < 4.78 is 0. The van der Waals surface area contributed by atoms with Crippen LogP contribution >= 0.6 is 0 Å².